The molecule has 1 rings (SSSR count). The molecule has 6 nitrogen and oxygen atoms in total. The van der Waals surface area contributed by atoms with Crippen molar-refractivity contribution in [3.63, 3.8) is 0 Å². The molecule has 0 aliphatic heterocycles. The summed E-state index contributed by atoms with van der Waals surface area (Å²) in [5.74, 6) is -0.0356. The molecule has 14 heavy (non-hydrogen) atoms. The summed E-state index contributed by atoms with van der Waals surface area (Å²) < 4.78 is 0. The zero-order chi connectivity index (χ0) is 10.8. The highest BCUT2D eigenvalue weighted by molar-refractivity contribution is 5.30. The zero-order valence-corrected chi connectivity index (χ0v) is 8.28. The first-order valence-corrected chi connectivity index (χ1v) is 4.33. The third-order valence-corrected chi connectivity index (χ3v) is 2.10. The number of nitrogens with zero attached hydrogens (tertiary/aromatic N) is 2. The van der Waals surface area contributed by atoms with Crippen molar-refractivity contribution in [3.05, 3.63) is 21.9 Å². The monoisotopic (exact) mass is 198 g/mol. The molecule has 0 saturated heterocycles. The van der Waals surface area contributed by atoms with Gasteiger partial charge in [0.25, 0.3) is 0 Å². The number of aromatic amines is 1. The van der Waals surface area contributed by atoms with Crippen LogP contribution in [0.2, 0.25) is 0 Å². The Balaban J connectivity index is 2.86. The van der Waals surface area contributed by atoms with Gasteiger partial charge < -0.3 is 15.8 Å². The van der Waals surface area contributed by atoms with Crippen LogP contribution in [0.1, 0.15) is 19.4 Å². The van der Waals surface area contributed by atoms with Crippen LogP contribution in [0, 0.1) is 15.5 Å². The average molecular weight is 198 g/mol. The molecule has 0 aliphatic carbocycles. The smallest absolute Gasteiger partial charge is 0.345 e. The van der Waals surface area contributed by atoms with Crippen molar-refractivity contribution in [2.24, 2.45) is 11.1 Å². The standard InChI is InChI=1S/C8H14N4O2/c1-8(2,5-9)3-6-4-10-11-7(6)12(13)14/h4H,3,5,9H2,1-2H3,(H,10,11). The molecule has 0 aliphatic rings. The number of nitro groups is 1. The summed E-state index contributed by atoms with van der Waals surface area (Å²) in [6, 6.07) is 0. The van der Waals surface area contributed by atoms with E-state index in [1.54, 1.807) is 0 Å². The lowest BCUT2D eigenvalue weighted by Gasteiger charge is -2.20. The molecule has 6 heteroatoms. The van der Waals surface area contributed by atoms with Gasteiger partial charge in [-0.2, -0.15) is 0 Å². The van der Waals surface area contributed by atoms with Crippen LogP contribution < -0.4 is 5.73 Å². The minimum Gasteiger partial charge on any atom is -0.358 e. The maximum absolute atomic E-state index is 10.6. The Morgan fingerprint density at radius 1 is 1.71 bits per heavy atom. The number of aromatic nitrogens is 2. The van der Waals surface area contributed by atoms with E-state index in [2.05, 4.69) is 10.2 Å². The van der Waals surface area contributed by atoms with E-state index >= 15 is 0 Å². The summed E-state index contributed by atoms with van der Waals surface area (Å²) in [6.45, 7) is 4.41. The van der Waals surface area contributed by atoms with Gasteiger partial charge in [-0.3, -0.25) is 0 Å². The molecule has 1 heterocycles. The van der Waals surface area contributed by atoms with Crippen molar-refractivity contribution in [3.8, 4) is 0 Å². The van der Waals surface area contributed by atoms with Gasteiger partial charge in [0, 0.05) is 0 Å². The van der Waals surface area contributed by atoms with Crippen molar-refractivity contribution in [1.29, 1.82) is 0 Å². The largest absolute Gasteiger partial charge is 0.358 e. The minimum atomic E-state index is -0.463. The van der Waals surface area contributed by atoms with Gasteiger partial charge in [-0.05, 0) is 23.3 Å². The van der Waals surface area contributed by atoms with Crippen molar-refractivity contribution in [2.75, 3.05) is 6.54 Å². The molecule has 78 valence electrons. The van der Waals surface area contributed by atoms with Gasteiger partial charge in [0.15, 0.2) is 0 Å². The van der Waals surface area contributed by atoms with Crippen LogP contribution in [0.5, 0.6) is 0 Å². The Kier molecular flexibility index (Phi) is 2.85. The molecule has 1 aromatic heterocycles. The molecule has 0 saturated carbocycles. The predicted molar refractivity (Wildman–Crippen MR) is 51.8 cm³/mol. The highest BCUT2D eigenvalue weighted by Crippen LogP contribution is 2.24. The molecule has 0 amide bonds. The van der Waals surface area contributed by atoms with Crippen LogP contribution in [0.25, 0.3) is 0 Å². The van der Waals surface area contributed by atoms with Gasteiger partial charge in [0.2, 0.25) is 0 Å². The fourth-order valence-electron chi connectivity index (χ4n) is 1.18. The Morgan fingerprint density at radius 3 is 2.86 bits per heavy atom. The van der Waals surface area contributed by atoms with Crippen LogP contribution in [-0.2, 0) is 6.42 Å². The first-order chi connectivity index (χ1) is 6.46. The van der Waals surface area contributed by atoms with Gasteiger partial charge in [0.1, 0.15) is 0 Å². The van der Waals surface area contributed by atoms with E-state index in [9.17, 15) is 10.1 Å². The van der Waals surface area contributed by atoms with Crippen molar-refractivity contribution >= 4 is 5.82 Å². The maximum atomic E-state index is 10.6. The van der Waals surface area contributed by atoms with E-state index in [4.69, 9.17) is 5.73 Å². The first kappa shape index (κ1) is 10.6. The van der Waals surface area contributed by atoms with Gasteiger partial charge in [-0.25, -0.2) is 0 Å². The lowest BCUT2D eigenvalue weighted by molar-refractivity contribution is -0.390. The number of hydrogen-bond acceptors (Lipinski definition) is 4. The minimum absolute atomic E-state index is 0.0356. The second-order valence-electron chi connectivity index (χ2n) is 4.05. The molecular formula is C8H14N4O2. The molecule has 0 radical (unpaired) electrons. The quantitative estimate of drug-likeness (QED) is 0.553. The normalized spacial score (nSPS) is 11.6. The molecular weight excluding hydrogens is 184 g/mol. The second-order valence-corrected chi connectivity index (χ2v) is 4.05. The van der Waals surface area contributed by atoms with Crippen LogP contribution >= 0.6 is 0 Å². The molecule has 0 fully saturated rings. The van der Waals surface area contributed by atoms with Gasteiger partial charge >= 0.3 is 5.82 Å². The summed E-state index contributed by atoms with van der Waals surface area (Å²) in [5.41, 5.74) is 6.01. The van der Waals surface area contributed by atoms with E-state index < -0.39 is 4.92 Å². The second kappa shape index (κ2) is 3.75. The SMILES string of the molecule is CC(C)(CN)Cc1cn[nH]c1[N+](=O)[O-]. The molecule has 1 aromatic rings. The maximum Gasteiger partial charge on any atom is 0.345 e. The zero-order valence-electron chi connectivity index (χ0n) is 8.28. The third-order valence-electron chi connectivity index (χ3n) is 2.10. The summed E-state index contributed by atoms with van der Waals surface area (Å²) in [7, 11) is 0. The Morgan fingerprint density at radius 2 is 2.36 bits per heavy atom. The van der Waals surface area contributed by atoms with E-state index in [-0.39, 0.29) is 11.2 Å². The van der Waals surface area contributed by atoms with Gasteiger partial charge in [0.05, 0.1) is 11.8 Å². The van der Waals surface area contributed by atoms with Crippen molar-refractivity contribution in [1.82, 2.24) is 10.2 Å². The Bertz CT molecular complexity index is 332. The van der Waals surface area contributed by atoms with E-state index in [0.717, 1.165) is 0 Å². The van der Waals surface area contributed by atoms with Crippen molar-refractivity contribution in [2.45, 2.75) is 20.3 Å². The molecule has 0 bridgehead atoms. The van der Waals surface area contributed by atoms with Crippen LogP contribution in [-0.4, -0.2) is 21.7 Å². The molecule has 0 aromatic carbocycles. The summed E-state index contributed by atoms with van der Waals surface area (Å²) >= 11 is 0. The lowest BCUT2D eigenvalue weighted by atomic mass is 9.87. The van der Waals surface area contributed by atoms with Crippen LogP contribution in [0.15, 0.2) is 6.20 Å². The van der Waals surface area contributed by atoms with Crippen molar-refractivity contribution < 1.29 is 4.92 Å². The Labute approximate surface area is 81.6 Å². The molecule has 3 N–H and O–H groups in total. The van der Waals surface area contributed by atoms with Crippen LogP contribution in [0.4, 0.5) is 5.82 Å². The molecule has 0 unspecified atom stereocenters. The fourth-order valence-corrected chi connectivity index (χ4v) is 1.18. The molecule has 0 spiro atoms. The van der Waals surface area contributed by atoms with Gasteiger partial charge in [-0.1, -0.05) is 18.9 Å². The predicted octanol–water partition coefficient (Wildman–Crippen LogP) is 0.845. The van der Waals surface area contributed by atoms with E-state index in [1.807, 2.05) is 13.8 Å². The number of H-pyrrole nitrogens is 1. The van der Waals surface area contributed by atoms with E-state index in [1.165, 1.54) is 6.20 Å². The fraction of sp³-hybridized carbons (Fsp3) is 0.625. The first-order valence-electron chi connectivity index (χ1n) is 4.33. The summed E-state index contributed by atoms with van der Waals surface area (Å²) in [4.78, 5) is 10.1. The van der Waals surface area contributed by atoms with Crippen LogP contribution in [0.3, 0.4) is 0 Å². The highest BCUT2D eigenvalue weighted by atomic mass is 16.6. The van der Waals surface area contributed by atoms with Gasteiger partial charge in [-0.15, -0.1) is 5.10 Å². The third kappa shape index (κ3) is 2.29. The topological polar surface area (TPSA) is 97.8 Å². The number of rotatable bonds is 4. The number of nitrogens with one attached hydrogen (secondary N) is 1. The average Bonchev–Trinajstić information content (AvgIpc) is 2.51. The van der Waals surface area contributed by atoms with E-state index in [0.29, 0.717) is 18.5 Å². The molecule has 0 atom stereocenters. The summed E-state index contributed by atoms with van der Waals surface area (Å²) in [6.07, 6.45) is 2.03. The Hall–Kier alpha value is -1.43. The number of hydrogen-bond donors (Lipinski definition) is 2. The highest BCUT2D eigenvalue weighted by Gasteiger charge is 2.23. The summed E-state index contributed by atoms with van der Waals surface area (Å²) in [5, 5.41) is 16.6. The lowest BCUT2D eigenvalue weighted by Crippen LogP contribution is -2.26. The number of nitrogens with two attached hydrogens (primary N) is 1.